The van der Waals surface area contributed by atoms with Gasteiger partial charge in [-0.2, -0.15) is 0 Å². The molecule has 1 heterocycles. The predicted molar refractivity (Wildman–Crippen MR) is 66.7 cm³/mol. The number of carbonyl (C=O) groups is 1. The minimum atomic E-state index is -1.07. The summed E-state index contributed by atoms with van der Waals surface area (Å²) in [7, 11) is 0. The Kier molecular flexibility index (Phi) is 4.40. The van der Waals surface area contributed by atoms with Crippen LogP contribution in [0.15, 0.2) is 0 Å². The summed E-state index contributed by atoms with van der Waals surface area (Å²) >= 11 is 0. The Balaban J connectivity index is 1.98. The molecule has 0 aromatic rings. The number of aliphatic hydroxyl groups is 1. The summed E-state index contributed by atoms with van der Waals surface area (Å²) in [6.45, 7) is 3.17. The Bertz CT molecular complexity index is 254. The molecule has 1 aliphatic heterocycles. The van der Waals surface area contributed by atoms with E-state index < -0.39 is 5.60 Å². The van der Waals surface area contributed by atoms with E-state index in [4.69, 9.17) is 0 Å². The Hall–Kier alpha value is -0.610. The maximum Gasteiger partial charge on any atom is 0.254 e. The first-order chi connectivity index (χ1) is 8.22. The van der Waals surface area contributed by atoms with Gasteiger partial charge < -0.3 is 15.3 Å². The minimum Gasteiger partial charge on any atom is -0.380 e. The van der Waals surface area contributed by atoms with Gasteiger partial charge in [-0.15, -0.1) is 0 Å². The molecule has 2 rings (SSSR count). The van der Waals surface area contributed by atoms with Crippen molar-refractivity contribution in [2.75, 3.05) is 26.2 Å². The molecule has 0 aromatic heterocycles. The Labute approximate surface area is 103 Å². The number of rotatable bonds is 1. The Morgan fingerprint density at radius 3 is 2.12 bits per heavy atom. The summed E-state index contributed by atoms with van der Waals surface area (Å²) in [5.74, 6) is -0.0269. The zero-order valence-corrected chi connectivity index (χ0v) is 10.6. The SMILES string of the molecule is O=C(N1CCNCC1)C1(O)CCCCCCC1. The molecule has 98 valence electrons. The number of piperazine rings is 1. The molecule has 0 radical (unpaired) electrons. The molecule has 0 atom stereocenters. The van der Waals surface area contributed by atoms with Gasteiger partial charge in [-0.3, -0.25) is 4.79 Å². The van der Waals surface area contributed by atoms with Crippen molar-refractivity contribution in [3.05, 3.63) is 0 Å². The molecule has 1 aliphatic carbocycles. The summed E-state index contributed by atoms with van der Waals surface area (Å²) in [5, 5.41) is 13.8. The maximum absolute atomic E-state index is 12.4. The van der Waals surface area contributed by atoms with Crippen molar-refractivity contribution in [1.82, 2.24) is 10.2 Å². The van der Waals surface area contributed by atoms with Crippen LogP contribution in [-0.4, -0.2) is 47.7 Å². The number of amides is 1. The summed E-state index contributed by atoms with van der Waals surface area (Å²) in [5.41, 5.74) is -1.07. The van der Waals surface area contributed by atoms with E-state index in [1.807, 2.05) is 4.90 Å². The lowest BCUT2D eigenvalue weighted by molar-refractivity contribution is -0.154. The fraction of sp³-hybridized carbons (Fsp3) is 0.923. The van der Waals surface area contributed by atoms with Crippen LogP contribution in [0.2, 0.25) is 0 Å². The Morgan fingerprint density at radius 2 is 1.53 bits per heavy atom. The first kappa shape index (κ1) is 12.8. The van der Waals surface area contributed by atoms with Gasteiger partial charge >= 0.3 is 0 Å². The topological polar surface area (TPSA) is 52.6 Å². The zero-order chi connectivity index (χ0) is 12.1. The molecule has 0 spiro atoms. The van der Waals surface area contributed by atoms with E-state index in [1.165, 1.54) is 6.42 Å². The van der Waals surface area contributed by atoms with E-state index in [-0.39, 0.29) is 5.91 Å². The number of hydrogen-bond acceptors (Lipinski definition) is 3. The van der Waals surface area contributed by atoms with Crippen LogP contribution in [0.1, 0.15) is 44.9 Å². The van der Waals surface area contributed by atoms with Crippen molar-refractivity contribution in [2.45, 2.75) is 50.5 Å². The quantitative estimate of drug-likeness (QED) is 0.716. The van der Waals surface area contributed by atoms with Crippen molar-refractivity contribution in [3.63, 3.8) is 0 Å². The average Bonchev–Trinajstić information content (AvgIpc) is 2.34. The highest BCUT2D eigenvalue weighted by atomic mass is 16.3. The highest BCUT2D eigenvalue weighted by Gasteiger charge is 2.38. The van der Waals surface area contributed by atoms with Gasteiger partial charge in [0.05, 0.1) is 0 Å². The highest BCUT2D eigenvalue weighted by molar-refractivity contribution is 5.85. The second-order valence-corrected chi connectivity index (χ2v) is 5.34. The van der Waals surface area contributed by atoms with Gasteiger partial charge in [0.15, 0.2) is 0 Å². The minimum absolute atomic E-state index is 0.0269. The molecule has 0 bridgehead atoms. The number of nitrogens with zero attached hydrogens (tertiary/aromatic N) is 1. The second kappa shape index (κ2) is 5.83. The average molecular weight is 240 g/mol. The molecule has 2 fully saturated rings. The van der Waals surface area contributed by atoms with Crippen LogP contribution >= 0.6 is 0 Å². The lowest BCUT2D eigenvalue weighted by atomic mass is 9.86. The molecule has 1 saturated heterocycles. The van der Waals surface area contributed by atoms with Crippen molar-refractivity contribution in [1.29, 1.82) is 0 Å². The van der Waals surface area contributed by atoms with E-state index in [2.05, 4.69) is 5.32 Å². The van der Waals surface area contributed by atoms with Crippen molar-refractivity contribution < 1.29 is 9.90 Å². The summed E-state index contributed by atoms with van der Waals surface area (Å²) < 4.78 is 0. The molecular weight excluding hydrogens is 216 g/mol. The molecule has 1 saturated carbocycles. The first-order valence-electron chi connectivity index (χ1n) is 6.95. The summed E-state index contributed by atoms with van der Waals surface area (Å²) in [6.07, 6.45) is 6.81. The third-order valence-corrected chi connectivity index (χ3v) is 3.98. The van der Waals surface area contributed by atoms with Crippen LogP contribution in [0.25, 0.3) is 0 Å². The normalized spacial score (nSPS) is 26.1. The molecule has 0 unspecified atom stereocenters. The second-order valence-electron chi connectivity index (χ2n) is 5.34. The fourth-order valence-electron chi connectivity index (χ4n) is 2.87. The first-order valence-corrected chi connectivity index (χ1v) is 6.95. The maximum atomic E-state index is 12.4. The van der Waals surface area contributed by atoms with Gasteiger partial charge in [0.2, 0.25) is 0 Å². The van der Waals surface area contributed by atoms with E-state index >= 15 is 0 Å². The van der Waals surface area contributed by atoms with Crippen LogP contribution in [0, 0.1) is 0 Å². The fourth-order valence-corrected chi connectivity index (χ4v) is 2.87. The largest absolute Gasteiger partial charge is 0.380 e. The molecule has 0 aromatic carbocycles. The van der Waals surface area contributed by atoms with Gasteiger partial charge in [-0.25, -0.2) is 0 Å². The lowest BCUT2D eigenvalue weighted by Gasteiger charge is -2.36. The van der Waals surface area contributed by atoms with Crippen molar-refractivity contribution >= 4 is 5.91 Å². The monoisotopic (exact) mass is 240 g/mol. The number of nitrogens with one attached hydrogen (secondary N) is 1. The Morgan fingerprint density at radius 1 is 1.00 bits per heavy atom. The molecule has 1 amide bonds. The molecular formula is C13H24N2O2. The van der Waals surface area contributed by atoms with E-state index in [0.29, 0.717) is 12.8 Å². The molecule has 2 aliphatic rings. The summed E-state index contributed by atoms with van der Waals surface area (Å²) in [4.78, 5) is 14.2. The third kappa shape index (κ3) is 3.19. The molecule has 4 nitrogen and oxygen atoms in total. The van der Waals surface area contributed by atoms with Crippen molar-refractivity contribution in [3.8, 4) is 0 Å². The van der Waals surface area contributed by atoms with Crippen LogP contribution in [0.4, 0.5) is 0 Å². The van der Waals surface area contributed by atoms with Crippen molar-refractivity contribution in [2.24, 2.45) is 0 Å². The number of carbonyl (C=O) groups excluding carboxylic acids is 1. The molecule has 2 N–H and O–H groups in total. The van der Waals surface area contributed by atoms with E-state index in [0.717, 1.165) is 51.9 Å². The number of hydrogen-bond donors (Lipinski definition) is 2. The van der Waals surface area contributed by atoms with Crippen LogP contribution < -0.4 is 5.32 Å². The van der Waals surface area contributed by atoms with Gasteiger partial charge in [0, 0.05) is 26.2 Å². The highest BCUT2D eigenvalue weighted by Crippen LogP contribution is 2.28. The molecule has 17 heavy (non-hydrogen) atoms. The predicted octanol–water partition coefficient (Wildman–Crippen LogP) is 0.894. The molecule has 4 heteroatoms. The third-order valence-electron chi connectivity index (χ3n) is 3.98. The standard InChI is InChI=1S/C13H24N2O2/c16-12(15-10-8-14-9-11-15)13(17)6-4-2-1-3-5-7-13/h14,17H,1-11H2. The lowest BCUT2D eigenvalue weighted by Crippen LogP contribution is -2.55. The van der Waals surface area contributed by atoms with E-state index in [9.17, 15) is 9.90 Å². The van der Waals surface area contributed by atoms with Gasteiger partial charge in [0.1, 0.15) is 5.60 Å². The summed E-state index contributed by atoms with van der Waals surface area (Å²) in [6, 6.07) is 0. The van der Waals surface area contributed by atoms with Gasteiger partial charge in [0.25, 0.3) is 5.91 Å². The van der Waals surface area contributed by atoms with E-state index in [1.54, 1.807) is 0 Å². The van der Waals surface area contributed by atoms with Gasteiger partial charge in [-0.05, 0) is 12.8 Å². The smallest absolute Gasteiger partial charge is 0.254 e. The zero-order valence-electron chi connectivity index (χ0n) is 10.6. The van der Waals surface area contributed by atoms with Crippen LogP contribution in [0.3, 0.4) is 0 Å². The van der Waals surface area contributed by atoms with Crippen LogP contribution in [0.5, 0.6) is 0 Å². The van der Waals surface area contributed by atoms with Crippen LogP contribution in [-0.2, 0) is 4.79 Å². The van der Waals surface area contributed by atoms with Gasteiger partial charge in [-0.1, -0.05) is 32.1 Å².